The zero-order valence-electron chi connectivity index (χ0n) is 16.9. The van der Waals surface area contributed by atoms with Gasteiger partial charge >= 0.3 is 11.8 Å². The minimum absolute atomic E-state index is 0.0471. The Hall–Kier alpha value is -3.27. The standard InChI is InChI=1S/C21H22BrFN4O4/c1-13(2)10-24-20(29)21(30)27-25-11-14-4-3-5-16(8-14)31-12-19(28)26-18-7-6-15(22)9-17(18)23/h3-9,11,13H,10,12H2,1-2H3,(H,24,29)(H,26,28)(H,27,30)/b25-11-. The van der Waals surface area contributed by atoms with Gasteiger partial charge in [0.2, 0.25) is 0 Å². The van der Waals surface area contributed by atoms with Crippen LogP contribution < -0.4 is 20.8 Å². The summed E-state index contributed by atoms with van der Waals surface area (Å²) in [6.45, 7) is 3.88. The normalized spacial score (nSPS) is 10.7. The Morgan fingerprint density at radius 2 is 1.94 bits per heavy atom. The van der Waals surface area contributed by atoms with Gasteiger partial charge in [-0.05, 0) is 41.8 Å². The third-order valence-electron chi connectivity index (χ3n) is 3.69. The monoisotopic (exact) mass is 492 g/mol. The molecule has 2 aromatic rings. The average molecular weight is 493 g/mol. The molecule has 0 spiro atoms. The minimum atomic E-state index is -0.874. The van der Waals surface area contributed by atoms with E-state index in [9.17, 15) is 18.8 Å². The van der Waals surface area contributed by atoms with Gasteiger partial charge < -0.3 is 15.4 Å². The van der Waals surface area contributed by atoms with E-state index in [2.05, 4.69) is 37.1 Å². The van der Waals surface area contributed by atoms with E-state index in [1.165, 1.54) is 18.3 Å². The predicted octanol–water partition coefficient (Wildman–Crippen LogP) is 2.83. The van der Waals surface area contributed by atoms with Crippen LogP contribution in [-0.2, 0) is 14.4 Å². The predicted molar refractivity (Wildman–Crippen MR) is 118 cm³/mol. The van der Waals surface area contributed by atoms with Gasteiger partial charge in [-0.25, -0.2) is 9.82 Å². The lowest BCUT2D eigenvalue weighted by Gasteiger charge is -2.09. The number of hydrogen-bond acceptors (Lipinski definition) is 5. The maximum atomic E-state index is 13.8. The highest BCUT2D eigenvalue weighted by Crippen LogP contribution is 2.19. The average Bonchev–Trinajstić information content (AvgIpc) is 2.72. The van der Waals surface area contributed by atoms with Crippen LogP contribution in [0.1, 0.15) is 19.4 Å². The topological polar surface area (TPSA) is 109 Å². The Bertz CT molecular complexity index is 982. The van der Waals surface area contributed by atoms with Crippen molar-refractivity contribution in [3.8, 4) is 5.75 Å². The number of hydrazone groups is 1. The van der Waals surface area contributed by atoms with Crippen LogP contribution >= 0.6 is 15.9 Å². The lowest BCUT2D eigenvalue weighted by Crippen LogP contribution is -2.39. The number of rotatable bonds is 8. The maximum absolute atomic E-state index is 13.8. The molecule has 2 rings (SSSR count). The summed E-state index contributed by atoms with van der Waals surface area (Å²) >= 11 is 3.14. The molecule has 3 amide bonds. The highest BCUT2D eigenvalue weighted by molar-refractivity contribution is 9.10. The van der Waals surface area contributed by atoms with Crippen LogP contribution in [0.5, 0.6) is 5.75 Å². The van der Waals surface area contributed by atoms with Crippen molar-refractivity contribution < 1.29 is 23.5 Å². The zero-order chi connectivity index (χ0) is 22.8. The summed E-state index contributed by atoms with van der Waals surface area (Å²) in [6, 6.07) is 10.9. The molecule has 0 aliphatic heterocycles. The molecule has 3 N–H and O–H groups in total. The summed E-state index contributed by atoms with van der Waals surface area (Å²) < 4.78 is 19.7. The van der Waals surface area contributed by atoms with Crippen molar-refractivity contribution in [3.63, 3.8) is 0 Å². The first kappa shape index (κ1) is 24.0. The van der Waals surface area contributed by atoms with Crippen molar-refractivity contribution >= 4 is 45.6 Å². The molecule has 164 valence electrons. The van der Waals surface area contributed by atoms with Crippen molar-refractivity contribution in [1.82, 2.24) is 10.7 Å². The zero-order valence-corrected chi connectivity index (χ0v) is 18.5. The van der Waals surface area contributed by atoms with Crippen LogP contribution in [0, 0.1) is 11.7 Å². The molecule has 0 unspecified atom stereocenters. The van der Waals surface area contributed by atoms with E-state index in [1.807, 2.05) is 13.8 Å². The third kappa shape index (κ3) is 8.55. The number of carbonyl (C=O) groups excluding carboxylic acids is 3. The highest BCUT2D eigenvalue weighted by Gasteiger charge is 2.12. The van der Waals surface area contributed by atoms with E-state index in [1.54, 1.807) is 30.3 Å². The smallest absolute Gasteiger partial charge is 0.329 e. The molecule has 10 heteroatoms. The van der Waals surface area contributed by atoms with Crippen molar-refractivity contribution in [2.75, 3.05) is 18.5 Å². The Kier molecular flexibility index (Phi) is 9.13. The minimum Gasteiger partial charge on any atom is -0.484 e. The Morgan fingerprint density at radius 1 is 1.16 bits per heavy atom. The molecule has 0 fully saturated rings. The summed E-state index contributed by atoms with van der Waals surface area (Å²) in [7, 11) is 0. The molecular weight excluding hydrogens is 471 g/mol. The second-order valence-electron chi connectivity index (χ2n) is 6.84. The number of amides is 3. The lowest BCUT2D eigenvalue weighted by molar-refractivity contribution is -0.139. The van der Waals surface area contributed by atoms with Crippen LogP contribution in [0.15, 0.2) is 52.0 Å². The van der Waals surface area contributed by atoms with Gasteiger partial charge in [0.1, 0.15) is 11.6 Å². The van der Waals surface area contributed by atoms with Crippen LogP contribution in [0.3, 0.4) is 0 Å². The number of carbonyl (C=O) groups is 3. The fraction of sp³-hybridized carbons (Fsp3) is 0.238. The molecule has 0 aromatic heterocycles. The highest BCUT2D eigenvalue weighted by atomic mass is 79.9. The third-order valence-corrected chi connectivity index (χ3v) is 4.18. The second kappa shape index (κ2) is 11.8. The molecule has 0 aliphatic carbocycles. The van der Waals surface area contributed by atoms with E-state index in [0.29, 0.717) is 22.3 Å². The van der Waals surface area contributed by atoms with Crippen molar-refractivity contribution in [1.29, 1.82) is 0 Å². The maximum Gasteiger partial charge on any atom is 0.329 e. The summed E-state index contributed by atoms with van der Waals surface area (Å²) in [4.78, 5) is 35.2. The molecule has 0 radical (unpaired) electrons. The molecular formula is C21H22BrFN4O4. The van der Waals surface area contributed by atoms with Crippen molar-refractivity contribution in [2.45, 2.75) is 13.8 Å². The number of benzene rings is 2. The number of anilines is 1. The van der Waals surface area contributed by atoms with Gasteiger partial charge in [0.15, 0.2) is 6.61 Å². The van der Waals surface area contributed by atoms with Crippen LogP contribution in [0.25, 0.3) is 0 Å². The number of ether oxygens (including phenoxy) is 1. The van der Waals surface area contributed by atoms with Gasteiger partial charge in [0, 0.05) is 11.0 Å². The summed E-state index contributed by atoms with van der Waals surface area (Å²) in [5.74, 6) is -2.14. The van der Waals surface area contributed by atoms with Gasteiger partial charge in [-0.2, -0.15) is 5.10 Å². The first-order chi connectivity index (χ1) is 14.7. The number of nitrogens with one attached hydrogen (secondary N) is 3. The molecule has 0 bridgehead atoms. The van der Waals surface area contributed by atoms with E-state index in [0.717, 1.165) is 0 Å². The van der Waals surface area contributed by atoms with Gasteiger partial charge in [-0.3, -0.25) is 14.4 Å². The van der Waals surface area contributed by atoms with Crippen LogP contribution in [0.2, 0.25) is 0 Å². The molecule has 8 nitrogen and oxygen atoms in total. The molecule has 2 aromatic carbocycles. The molecule has 31 heavy (non-hydrogen) atoms. The van der Waals surface area contributed by atoms with E-state index >= 15 is 0 Å². The summed E-state index contributed by atoms with van der Waals surface area (Å²) in [5, 5.41) is 8.64. The van der Waals surface area contributed by atoms with E-state index < -0.39 is 23.5 Å². The van der Waals surface area contributed by atoms with Crippen LogP contribution in [0.4, 0.5) is 10.1 Å². The quantitative estimate of drug-likeness (QED) is 0.299. The van der Waals surface area contributed by atoms with Crippen LogP contribution in [-0.4, -0.2) is 37.1 Å². The van der Waals surface area contributed by atoms with Gasteiger partial charge in [0.05, 0.1) is 11.9 Å². The van der Waals surface area contributed by atoms with Gasteiger partial charge in [-0.1, -0.05) is 41.9 Å². The van der Waals surface area contributed by atoms with Crippen molar-refractivity contribution in [3.05, 3.63) is 58.3 Å². The van der Waals surface area contributed by atoms with E-state index in [4.69, 9.17) is 4.74 Å². The molecule has 0 saturated carbocycles. The van der Waals surface area contributed by atoms with Crippen molar-refractivity contribution in [2.24, 2.45) is 11.0 Å². The lowest BCUT2D eigenvalue weighted by atomic mass is 10.2. The van der Waals surface area contributed by atoms with E-state index in [-0.39, 0.29) is 18.2 Å². The molecule has 0 aliphatic rings. The summed E-state index contributed by atoms with van der Waals surface area (Å²) in [6.07, 6.45) is 1.33. The molecule has 0 heterocycles. The number of halogens is 2. The number of hydrogen-bond donors (Lipinski definition) is 3. The fourth-order valence-electron chi connectivity index (χ4n) is 2.20. The first-order valence-electron chi connectivity index (χ1n) is 9.33. The SMILES string of the molecule is CC(C)CNC(=O)C(=O)N/N=C\c1cccc(OCC(=O)Nc2ccc(Br)cc2F)c1. The molecule has 0 saturated heterocycles. The summed E-state index contributed by atoms with van der Waals surface area (Å²) in [5.41, 5.74) is 2.75. The Labute approximate surface area is 187 Å². The van der Waals surface area contributed by atoms with Gasteiger partial charge in [0.25, 0.3) is 5.91 Å². The number of nitrogens with zero attached hydrogens (tertiary/aromatic N) is 1. The second-order valence-corrected chi connectivity index (χ2v) is 7.75. The molecule has 0 atom stereocenters. The largest absolute Gasteiger partial charge is 0.484 e. The Balaban J connectivity index is 1.84. The van der Waals surface area contributed by atoms with Gasteiger partial charge in [-0.15, -0.1) is 0 Å². The Morgan fingerprint density at radius 3 is 2.65 bits per heavy atom. The first-order valence-corrected chi connectivity index (χ1v) is 10.1. The fourth-order valence-corrected chi connectivity index (χ4v) is 2.54.